The number of fused-ring (bicyclic) bond motifs is 1. The molecular weight excluding hydrogens is 480 g/mol. The number of anilines is 1. The Hall–Kier alpha value is -2.49. The minimum Gasteiger partial charge on any atom is -0.345 e. The van der Waals surface area contributed by atoms with Crippen molar-refractivity contribution in [3.8, 4) is 0 Å². The molecule has 2 saturated heterocycles. The zero-order chi connectivity index (χ0) is 24.7. The Labute approximate surface area is 211 Å². The monoisotopic (exact) mass is 512 g/mol. The summed E-state index contributed by atoms with van der Waals surface area (Å²) in [6, 6.07) is 10.7. The van der Waals surface area contributed by atoms with Gasteiger partial charge in [0.05, 0.1) is 15.1 Å². The number of rotatable bonds is 4. The van der Waals surface area contributed by atoms with E-state index in [0.717, 1.165) is 36.6 Å². The Bertz CT molecular complexity index is 1340. The molecule has 2 aliphatic rings. The smallest absolute Gasteiger partial charge is 0.253 e. The van der Waals surface area contributed by atoms with Crippen LogP contribution in [0.4, 0.5) is 5.13 Å². The molecule has 2 aliphatic heterocycles. The van der Waals surface area contributed by atoms with Gasteiger partial charge in [0, 0.05) is 44.8 Å². The Morgan fingerprint density at radius 2 is 1.71 bits per heavy atom. The summed E-state index contributed by atoms with van der Waals surface area (Å²) >= 11 is 1.70. The SMILES string of the molecule is Cc1ccc2sc(N3CCN(C(=O)c4ccc(S(=O)(=O)N5CCCC(C)C5)cc4)CC3)nc2c1C. The molecule has 1 aromatic heterocycles. The summed E-state index contributed by atoms with van der Waals surface area (Å²) in [5.74, 6) is 0.310. The van der Waals surface area contributed by atoms with E-state index in [2.05, 4.69) is 37.8 Å². The number of hydrogen-bond acceptors (Lipinski definition) is 6. The van der Waals surface area contributed by atoms with Crippen molar-refractivity contribution in [2.24, 2.45) is 5.92 Å². The van der Waals surface area contributed by atoms with Gasteiger partial charge in [0.1, 0.15) is 0 Å². The lowest BCUT2D eigenvalue weighted by atomic mass is 10.0. The first-order chi connectivity index (χ1) is 16.7. The standard InChI is InChI=1S/C26H32N4O3S2/c1-18-5-4-12-30(17-18)35(32,33)22-9-7-21(8-10-22)25(31)28-13-15-29(16-14-28)26-27-24-20(3)19(2)6-11-23(24)34-26/h6-11,18H,4-5,12-17H2,1-3H3. The highest BCUT2D eigenvalue weighted by atomic mass is 32.2. The average molecular weight is 513 g/mol. The first-order valence-corrected chi connectivity index (χ1v) is 14.5. The van der Waals surface area contributed by atoms with E-state index in [4.69, 9.17) is 4.98 Å². The van der Waals surface area contributed by atoms with Crippen LogP contribution in [-0.2, 0) is 10.0 Å². The van der Waals surface area contributed by atoms with Gasteiger partial charge in [-0.2, -0.15) is 4.31 Å². The van der Waals surface area contributed by atoms with Crippen LogP contribution >= 0.6 is 11.3 Å². The molecule has 0 aliphatic carbocycles. The van der Waals surface area contributed by atoms with E-state index in [-0.39, 0.29) is 10.8 Å². The lowest BCUT2D eigenvalue weighted by molar-refractivity contribution is 0.0746. The van der Waals surface area contributed by atoms with Gasteiger partial charge < -0.3 is 9.80 Å². The fourth-order valence-electron chi connectivity index (χ4n) is 4.92. The summed E-state index contributed by atoms with van der Waals surface area (Å²) in [5, 5.41) is 1.00. The number of nitrogens with zero attached hydrogens (tertiary/aromatic N) is 4. The molecule has 7 nitrogen and oxygen atoms in total. The maximum absolute atomic E-state index is 13.1. The van der Waals surface area contributed by atoms with Gasteiger partial charge in [0.15, 0.2) is 5.13 Å². The molecule has 1 amide bonds. The highest BCUT2D eigenvalue weighted by molar-refractivity contribution is 7.89. The molecule has 2 aromatic carbocycles. The summed E-state index contributed by atoms with van der Waals surface area (Å²) in [7, 11) is -3.52. The number of sulfonamides is 1. The van der Waals surface area contributed by atoms with Gasteiger partial charge in [-0.3, -0.25) is 4.79 Å². The number of benzene rings is 2. The van der Waals surface area contributed by atoms with E-state index in [9.17, 15) is 13.2 Å². The largest absolute Gasteiger partial charge is 0.345 e. The van der Waals surface area contributed by atoms with E-state index >= 15 is 0 Å². The van der Waals surface area contributed by atoms with Crippen LogP contribution < -0.4 is 4.90 Å². The number of hydrogen-bond donors (Lipinski definition) is 0. The average Bonchev–Trinajstić information content (AvgIpc) is 3.31. The van der Waals surface area contributed by atoms with Crippen LogP contribution in [0.3, 0.4) is 0 Å². The van der Waals surface area contributed by atoms with Crippen molar-refractivity contribution in [1.82, 2.24) is 14.2 Å². The molecule has 186 valence electrons. The van der Waals surface area contributed by atoms with Crippen molar-refractivity contribution in [2.75, 3.05) is 44.2 Å². The molecule has 35 heavy (non-hydrogen) atoms. The van der Waals surface area contributed by atoms with E-state index in [0.29, 0.717) is 37.7 Å². The second-order valence-corrected chi connectivity index (χ2v) is 12.7. The molecule has 0 saturated carbocycles. The van der Waals surface area contributed by atoms with Crippen molar-refractivity contribution < 1.29 is 13.2 Å². The first-order valence-electron chi connectivity index (χ1n) is 12.3. The number of thiazole rings is 1. The van der Waals surface area contributed by atoms with Crippen LogP contribution in [0.15, 0.2) is 41.3 Å². The third-order valence-corrected chi connectivity index (χ3v) is 10.2. The molecule has 3 aromatic rings. The number of aromatic nitrogens is 1. The van der Waals surface area contributed by atoms with Gasteiger partial charge in [0.2, 0.25) is 10.0 Å². The molecule has 9 heteroatoms. The predicted octanol–water partition coefficient (Wildman–Crippen LogP) is 4.30. The molecule has 3 heterocycles. The van der Waals surface area contributed by atoms with Crippen molar-refractivity contribution in [1.29, 1.82) is 0 Å². The topological polar surface area (TPSA) is 73.8 Å². The quantitative estimate of drug-likeness (QED) is 0.521. The number of carbonyl (C=O) groups excluding carboxylic acids is 1. The Balaban J connectivity index is 1.24. The maximum atomic E-state index is 13.1. The van der Waals surface area contributed by atoms with Gasteiger partial charge in [-0.25, -0.2) is 13.4 Å². The Kier molecular flexibility index (Phi) is 6.59. The van der Waals surface area contributed by atoms with Crippen LogP contribution in [0.2, 0.25) is 0 Å². The van der Waals surface area contributed by atoms with Crippen molar-refractivity contribution >= 4 is 42.6 Å². The molecular formula is C26H32N4O3S2. The molecule has 0 spiro atoms. The summed E-state index contributed by atoms with van der Waals surface area (Å²) in [6.45, 7) is 10.1. The van der Waals surface area contributed by atoms with Gasteiger partial charge >= 0.3 is 0 Å². The molecule has 0 N–H and O–H groups in total. The van der Waals surface area contributed by atoms with E-state index < -0.39 is 10.0 Å². The second-order valence-electron chi connectivity index (χ2n) is 9.76. The van der Waals surface area contributed by atoms with Crippen LogP contribution in [0.1, 0.15) is 41.3 Å². The van der Waals surface area contributed by atoms with E-state index in [1.54, 1.807) is 39.9 Å². The van der Waals surface area contributed by atoms with E-state index in [1.165, 1.54) is 15.8 Å². The highest BCUT2D eigenvalue weighted by Crippen LogP contribution is 2.32. The zero-order valence-electron chi connectivity index (χ0n) is 20.5. The molecule has 5 rings (SSSR count). The molecule has 2 fully saturated rings. The van der Waals surface area contributed by atoms with E-state index in [1.807, 2.05) is 4.90 Å². The number of amides is 1. The number of piperidine rings is 1. The fraction of sp³-hybridized carbons (Fsp3) is 0.462. The lowest BCUT2D eigenvalue weighted by Gasteiger charge is -2.34. The maximum Gasteiger partial charge on any atom is 0.253 e. The first kappa shape index (κ1) is 24.2. The van der Waals surface area contributed by atoms with Gasteiger partial charge in [-0.1, -0.05) is 24.3 Å². The van der Waals surface area contributed by atoms with Crippen LogP contribution in [0.25, 0.3) is 10.2 Å². The van der Waals surface area contributed by atoms with Gasteiger partial charge in [-0.15, -0.1) is 0 Å². The minimum atomic E-state index is -3.52. The van der Waals surface area contributed by atoms with Crippen LogP contribution in [0.5, 0.6) is 0 Å². The third-order valence-electron chi connectivity index (χ3n) is 7.27. The summed E-state index contributed by atoms with van der Waals surface area (Å²) < 4.78 is 28.8. The minimum absolute atomic E-state index is 0.0593. The summed E-state index contributed by atoms with van der Waals surface area (Å²) in [4.78, 5) is 22.3. The zero-order valence-corrected chi connectivity index (χ0v) is 22.2. The van der Waals surface area contributed by atoms with Crippen molar-refractivity contribution in [3.63, 3.8) is 0 Å². The highest BCUT2D eigenvalue weighted by Gasteiger charge is 2.29. The molecule has 1 atom stereocenters. The van der Waals surface area contributed by atoms with Crippen LogP contribution in [0, 0.1) is 19.8 Å². The number of piperazine rings is 1. The number of aryl methyl sites for hydroxylation is 2. The lowest BCUT2D eigenvalue weighted by Crippen LogP contribution is -2.48. The van der Waals surface area contributed by atoms with Gasteiger partial charge in [-0.05, 0) is 74.1 Å². The summed E-state index contributed by atoms with van der Waals surface area (Å²) in [5.41, 5.74) is 4.06. The summed E-state index contributed by atoms with van der Waals surface area (Å²) in [6.07, 6.45) is 1.95. The number of carbonyl (C=O) groups is 1. The third kappa shape index (κ3) is 4.69. The van der Waals surface area contributed by atoms with Crippen molar-refractivity contribution in [2.45, 2.75) is 38.5 Å². The Morgan fingerprint density at radius 3 is 2.40 bits per heavy atom. The normalized spacial score (nSPS) is 19.9. The van der Waals surface area contributed by atoms with Crippen LogP contribution in [-0.4, -0.2) is 67.8 Å². The predicted molar refractivity (Wildman–Crippen MR) is 141 cm³/mol. The molecule has 0 bridgehead atoms. The molecule has 0 radical (unpaired) electrons. The Morgan fingerprint density at radius 1 is 1.00 bits per heavy atom. The molecule has 1 unspecified atom stereocenters. The van der Waals surface area contributed by atoms with Gasteiger partial charge in [0.25, 0.3) is 5.91 Å². The van der Waals surface area contributed by atoms with Crippen molar-refractivity contribution in [3.05, 3.63) is 53.1 Å². The second kappa shape index (κ2) is 9.52. The fourth-order valence-corrected chi connectivity index (χ4v) is 7.59.